The minimum Gasteiger partial charge on any atom is -0.481 e. The molecule has 0 saturated heterocycles. The third-order valence-corrected chi connectivity index (χ3v) is 4.94. The molecule has 2 fully saturated rings. The van der Waals surface area contributed by atoms with E-state index in [0.29, 0.717) is 25.7 Å². The Morgan fingerprint density at radius 1 is 1.14 bits per heavy atom. The quantitative estimate of drug-likeness (QED) is 0.899. The number of carbonyl (C=O) groups is 2. The molecule has 0 bridgehead atoms. The van der Waals surface area contributed by atoms with Crippen molar-refractivity contribution in [2.24, 2.45) is 11.8 Å². The van der Waals surface area contributed by atoms with Gasteiger partial charge in [-0.15, -0.1) is 0 Å². The first-order valence-electron chi connectivity index (χ1n) is 7.81. The van der Waals surface area contributed by atoms with Gasteiger partial charge in [0, 0.05) is 5.92 Å². The fraction of sp³-hybridized carbons (Fsp3) is 0.529. The first-order valence-corrected chi connectivity index (χ1v) is 7.81. The Morgan fingerprint density at radius 3 is 2.32 bits per heavy atom. The maximum absolute atomic E-state index is 13.4. The van der Waals surface area contributed by atoms with Crippen LogP contribution < -0.4 is 5.32 Å². The number of nitrogens with one attached hydrogen (secondary N) is 1. The van der Waals surface area contributed by atoms with Gasteiger partial charge in [0.2, 0.25) is 5.91 Å². The number of amides is 1. The summed E-state index contributed by atoms with van der Waals surface area (Å²) < 4.78 is 13.4. The van der Waals surface area contributed by atoms with E-state index in [0.717, 1.165) is 18.4 Å². The predicted octanol–water partition coefficient (Wildman–Crippen LogP) is 2.82. The highest BCUT2D eigenvalue weighted by Gasteiger charge is 2.46. The summed E-state index contributed by atoms with van der Waals surface area (Å²) in [6, 6.07) is 6.38. The fourth-order valence-electron chi connectivity index (χ4n) is 3.34. The Balaban J connectivity index is 1.62. The van der Waals surface area contributed by atoms with Crippen LogP contribution >= 0.6 is 0 Å². The Hall–Kier alpha value is -1.91. The van der Waals surface area contributed by atoms with Crippen molar-refractivity contribution >= 4 is 11.9 Å². The summed E-state index contributed by atoms with van der Waals surface area (Å²) in [5, 5.41) is 12.1. The zero-order valence-electron chi connectivity index (χ0n) is 12.3. The number of hydrogen-bond acceptors (Lipinski definition) is 2. The largest absolute Gasteiger partial charge is 0.481 e. The van der Waals surface area contributed by atoms with E-state index >= 15 is 0 Å². The van der Waals surface area contributed by atoms with Crippen molar-refractivity contribution in [3.8, 4) is 0 Å². The van der Waals surface area contributed by atoms with Gasteiger partial charge in [-0.2, -0.15) is 0 Å². The second kappa shape index (κ2) is 5.71. The lowest BCUT2D eigenvalue weighted by atomic mass is 9.81. The van der Waals surface area contributed by atoms with Crippen LogP contribution in [0.1, 0.15) is 44.1 Å². The SMILES string of the molecule is O=C(O)C1CCC(C(=O)NC2(c3cccc(F)c3)CC2)CC1. The maximum atomic E-state index is 13.4. The summed E-state index contributed by atoms with van der Waals surface area (Å²) in [6.45, 7) is 0. The molecule has 118 valence electrons. The molecule has 0 unspecified atom stereocenters. The van der Waals surface area contributed by atoms with Crippen molar-refractivity contribution in [2.75, 3.05) is 0 Å². The van der Waals surface area contributed by atoms with Crippen LogP contribution in [0.15, 0.2) is 24.3 Å². The van der Waals surface area contributed by atoms with Crippen molar-refractivity contribution in [3.63, 3.8) is 0 Å². The van der Waals surface area contributed by atoms with E-state index < -0.39 is 11.5 Å². The minimum absolute atomic E-state index is 0.0226. The topological polar surface area (TPSA) is 66.4 Å². The van der Waals surface area contributed by atoms with Crippen LogP contribution in [0.25, 0.3) is 0 Å². The zero-order valence-corrected chi connectivity index (χ0v) is 12.3. The Morgan fingerprint density at radius 2 is 1.77 bits per heavy atom. The predicted molar refractivity (Wildman–Crippen MR) is 78.5 cm³/mol. The Labute approximate surface area is 128 Å². The molecule has 0 heterocycles. The summed E-state index contributed by atoms with van der Waals surface area (Å²) in [4.78, 5) is 23.4. The number of carboxylic acids is 1. The lowest BCUT2D eigenvalue weighted by Gasteiger charge is -2.27. The van der Waals surface area contributed by atoms with Crippen molar-refractivity contribution in [1.82, 2.24) is 5.32 Å². The molecule has 4 nitrogen and oxygen atoms in total. The van der Waals surface area contributed by atoms with Gasteiger partial charge in [0.1, 0.15) is 5.82 Å². The summed E-state index contributed by atoms with van der Waals surface area (Å²) in [5.74, 6) is -1.52. The summed E-state index contributed by atoms with van der Waals surface area (Å²) >= 11 is 0. The smallest absolute Gasteiger partial charge is 0.306 e. The number of carboxylic acid groups (broad SMARTS) is 1. The molecule has 0 atom stereocenters. The maximum Gasteiger partial charge on any atom is 0.306 e. The molecule has 0 radical (unpaired) electrons. The molecule has 2 aliphatic rings. The monoisotopic (exact) mass is 305 g/mol. The van der Waals surface area contributed by atoms with Crippen LogP contribution in [0.2, 0.25) is 0 Å². The second-order valence-corrected chi connectivity index (χ2v) is 6.47. The molecule has 2 N–H and O–H groups in total. The van der Waals surface area contributed by atoms with E-state index in [1.807, 2.05) is 6.07 Å². The van der Waals surface area contributed by atoms with Gasteiger partial charge in [-0.25, -0.2) is 4.39 Å². The van der Waals surface area contributed by atoms with Gasteiger partial charge in [-0.05, 0) is 56.2 Å². The summed E-state index contributed by atoms with van der Waals surface area (Å²) in [7, 11) is 0. The number of carbonyl (C=O) groups excluding carboxylic acids is 1. The van der Waals surface area contributed by atoms with Crippen molar-refractivity contribution in [1.29, 1.82) is 0 Å². The molecular formula is C17H20FNO3. The molecule has 2 aliphatic carbocycles. The van der Waals surface area contributed by atoms with Crippen LogP contribution in [0.5, 0.6) is 0 Å². The average molecular weight is 305 g/mol. The normalized spacial score (nSPS) is 26.2. The van der Waals surface area contributed by atoms with E-state index in [1.165, 1.54) is 12.1 Å². The molecule has 1 aromatic carbocycles. The molecule has 1 amide bonds. The standard InChI is InChI=1S/C17H20FNO3/c18-14-3-1-2-13(10-14)17(8-9-17)19-15(20)11-4-6-12(7-5-11)16(21)22/h1-3,10-12H,4-9H2,(H,19,20)(H,21,22). The van der Waals surface area contributed by atoms with Gasteiger partial charge in [-0.1, -0.05) is 12.1 Å². The molecule has 5 heteroatoms. The molecule has 3 rings (SSSR count). The van der Waals surface area contributed by atoms with E-state index in [2.05, 4.69) is 5.32 Å². The van der Waals surface area contributed by atoms with Crippen LogP contribution in [0.3, 0.4) is 0 Å². The number of benzene rings is 1. The van der Waals surface area contributed by atoms with Gasteiger partial charge in [-0.3, -0.25) is 9.59 Å². The van der Waals surface area contributed by atoms with Gasteiger partial charge in [0.25, 0.3) is 0 Å². The van der Waals surface area contributed by atoms with Crippen molar-refractivity contribution in [3.05, 3.63) is 35.6 Å². The number of aliphatic carboxylic acids is 1. The lowest BCUT2D eigenvalue weighted by Crippen LogP contribution is -2.40. The van der Waals surface area contributed by atoms with Gasteiger partial charge < -0.3 is 10.4 Å². The van der Waals surface area contributed by atoms with Crippen LogP contribution in [0.4, 0.5) is 4.39 Å². The number of rotatable bonds is 4. The van der Waals surface area contributed by atoms with Gasteiger partial charge in [0.15, 0.2) is 0 Å². The van der Waals surface area contributed by atoms with E-state index in [-0.39, 0.29) is 23.6 Å². The minimum atomic E-state index is -0.766. The van der Waals surface area contributed by atoms with Crippen molar-refractivity contribution < 1.29 is 19.1 Å². The molecular weight excluding hydrogens is 285 g/mol. The summed E-state index contributed by atoms with van der Waals surface area (Å²) in [5.41, 5.74) is 0.406. The molecule has 22 heavy (non-hydrogen) atoms. The van der Waals surface area contributed by atoms with E-state index in [1.54, 1.807) is 6.07 Å². The first kappa shape index (κ1) is 15.0. The Kier molecular flexibility index (Phi) is 3.89. The molecule has 0 spiro atoms. The van der Waals surface area contributed by atoms with Crippen LogP contribution in [-0.2, 0) is 15.1 Å². The first-order chi connectivity index (χ1) is 10.5. The third-order valence-electron chi connectivity index (χ3n) is 4.94. The fourth-order valence-corrected chi connectivity index (χ4v) is 3.34. The number of hydrogen-bond donors (Lipinski definition) is 2. The zero-order chi connectivity index (χ0) is 15.7. The highest BCUT2D eigenvalue weighted by atomic mass is 19.1. The third kappa shape index (κ3) is 2.98. The molecule has 1 aromatic rings. The average Bonchev–Trinajstić information content (AvgIpc) is 3.28. The molecule has 2 saturated carbocycles. The highest BCUT2D eigenvalue weighted by Crippen LogP contribution is 2.46. The Bertz CT molecular complexity index is 589. The highest BCUT2D eigenvalue weighted by molar-refractivity contribution is 5.80. The van der Waals surface area contributed by atoms with Crippen LogP contribution in [-0.4, -0.2) is 17.0 Å². The summed E-state index contributed by atoms with van der Waals surface area (Å²) in [6.07, 6.45) is 3.99. The van der Waals surface area contributed by atoms with Gasteiger partial charge in [0.05, 0.1) is 11.5 Å². The van der Waals surface area contributed by atoms with E-state index in [4.69, 9.17) is 5.11 Å². The molecule has 0 aromatic heterocycles. The van der Waals surface area contributed by atoms with Gasteiger partial charge >= 0.3 is 5.97 Å². The lowest BCUT2D eigenvalue weighted by molar-refractivity contribution is -0.144. The second-order valence-electron chi connectivity index (χ2n) is 6.47. The van der Waals surface area contributed by atoms with Crippen molar-refractivity contribution in [2.45, 2.75) is 44.1 Å². The molecule has 0 aliphatic heterocycles. The number of halogens is 1. The van der Waals surface area contributed by atoms with Crippen LogP contribution in [0, 0.1) is 17.7 Å². The van der Waals surface area contributed by atoms with E-state index in [9.17, 15) is 14.0 Å².